The van der Waals surface area contributed by atoms with E-state index in [1.165, 1.54) is 38.0 Å². The van der Waals surface area contributed by atoms with Crippen molar-refractivity contribution in [3.8, 4) is 0 Å². The minimum Gasteiger partial charge on any atom is -0.350 e. The van der Waals surface area contributed by atoms with Gasteiger partial charge in [-0.05, 0) is 45.0 Å². The predicted molar refractivity (Wildman–Crippen MR) is 72.1 cm³/mol. The van der Waals surface area contributed by atoms with Crippen molar-refractivity contribution < 1.29 is 0 Å². The smallest absolute Gasteiger partial charge is 0.0362 e. The Kier molecular flexibility index (Phi) is 4.63. The van der Waals surface area contributed by atoms with Gasteiger partial charge in [-0.1, -0.05) is 6.92 Å². The van der Waals surface area contributed by atoms with E-state index < -0.39 is 0 Å². The molecule has 0 aliphatic carbocycles. The lowest BCUT2D eigenvalue weighted by Crippen LogP contribution is -2.43. The SMILES string of the molecule is CCCn1cccc1CNC1CCCN(C)C1. The largest absolute Gasteiger partial charge is 0.350 e. The van der Waals surface area contributed by atoms with Gasteiger partial charge < -0.3 is 14.8 Å². The average molecular weight is 235 g/mol. The molecule has 1 atom stereocenters. The number of likely N-dealkylation sites (N-methyl/N-ethyl adjacent to an activating group) is 1. The van der Waals surface area contributed by atoms with Gasteiger partial charge in [-0.3, -0.25) is 0 Å². The van der Waals surface area contributed by atoms with Crippen LogP contribution in [0.4, 0.5) is 0 Å². The molecule has 1 fully saturated rings. The summed E-state index contributed by atoms with van der Waals surface area (Å²) in [4.78, 5) is 2.42. The first-order chi connectivity index (χ1) is 8.29. The second-order valence-corrected chi connectivity index (χ2v) is 5.18. The molecule has 2 heterocycles. The molecular weight excluding hydrogens is 210 g/mol. The van der Waals surface area contributed by atoms with E-state index >= 15 is 0 Å². The zero-order valence-corrected chi connectivity index (χ0v) is 11.2. The maximum absolute atomic E-state index is 3.69. The maximum Gasteiger partial charge on any atom is 0.0362 e. The highest BCUT2D eigenvalue weighted by atomic mass is 15.1. The zero-order valence-electron chi connectivity index (χ0n) is 11.2. The predicted octanol–water partition coefficient (Wildman–Crippen LogP) is 2.08. The summed E-state index contributed by atoms with van der Waals surface area (Å²) in [6, 6.07) is 5.05. The molecule has 0 spiro atoms. The first-order valence-corrected chi connectivity index (χ1v) is 6.85. The number of piperidine rings is 1. The number of rotatable bonds is 5. The lowest BCUT2D eigenvalue weighted by Gasteiger charge is -2.30. The summed E-state index contributed by atoms with van der Waals surface area (Å²) in [5.74, 6) is 0. The van der Waals surface area contributed by atoms with Gasteiger partial charge in [0.2, 0.25) is 0 Å². The van der Waals surface area contributed by atoms with E-state index in [1.807, 2.05) is 0 Å². The van der Waals surface area contributed by atoms with Gasteiger partial charge in [0.1, 0.15) is 0 Å². The zero-order chi connectivity index (χ0) is 12.1. The van der Waals surface area contributed by atoms with Gasteiger partial charge in [0.05, 0.1) is 0 Å². The van der Waals surface area contributed by atoms with Crippen LogP contribution in [0.1, 0.15) is 31.9 Å². The maximum atomic E-state index is 3.69. The fraction of sp³-hybridized carbons (Fsp3) is 0.714. The Morgan fingerprint density at radius 1 is 1.47 bits per heavy atom. The number of aromatic nitrogens is 1. The molecule has 17 heavy (non-hydrogen) atoms. The topological polar surface area (TPSA) is 20.2 Å². The highest BCUT2D eigenvalue weighted by molar-refractivity contribution is 5.07. The molecule has 1 unspecified atom stereocenters. The summed E-state index contributed by atoms with van der Waals surface area (Å²) in [7, 11) is 2.22. The molecule has 1 aliphatic heterocycles. The molecule has 1 N–H and O–H groups in total. The monoisotopic (exact) mass is 235 g/mol. The van der Waals surface area contributed by atoms with Gasteiger partial charge in [-0.25, -0.2) is 0 Å². The number of aryl methyl sites for hydroxylation is 1. The van der Waals surface area contributed by atoms with Crippen molar-refractivity contribution in [2.75, 3.05) is 20.1 Å². The number of hydrogen-bond acceptors (Lipinski definition) is 2. The van der Waals surface area contributed by atoms with Crippen molar-refractivity contribution in [2.45, 2.75) is 45.3 Å². The molecule has 0 amide bonds. The summed E-state index contributed by atoms with van der Waals surface area (Å²) in [6.45, 7) is 6.81. The molecule has 0 saturated carbocycles. The molecule has 1 aromatic heterocycles. The van der Waals surface area contributed by atoms with Crippen molar-refractivity contribution >= 4 is 0 Å². The first kappa shape index (κ1) is 12.7. The molecule has 3 heteroatoms. The van der Waals surface area contributed by atoms with Crippen LogP contribution >= 0.6 is 0 Å². The van der Waals surface area contributed by atoms with Crippen LogP contribution in [-0.4, -0.2) is 35.6 Å². The summed E-state index contributed by atoms with van der Waals surface area (Å²) >= 11 is 0. The molecule has 0 radical (unpaired) electrons. The van der Waals surface area contributed by atoms with Gasteiger partial charge in [0.25, 0.3) is 0 Å². The second-order valence-electron chi connectivity index (χ2n) is 5.18. The Hall–Kier alpha value is -0.800. The Bertz CT molecular complexity index is 332. The quantitative estimate of drug-likeness (QED) is 0.843. The average Bonchev–Trinajstić information content (AvgIpc) is 2.75. The van der Waals surface area contributed by atoms with E-state index in [0.29, 0.717) is 6.04 Å². The van der Waals surface area contributed by atoms with Crippen LogP contribution in [0.2, 0.25) is 0 Å². The summed E-state index contributed by atoms with van der Waals surface area (Å²) in [5.41, 5.74) is 1.42. The highest BCUT2D eigenvalue weighted by Crippen LogP contribution is 2.10. The molecular formula is C14H25N3. The third-order valence-corrected chi connectivity index (χ3v) is 3.58. The highest BCUT2D eigenvalue weighted by Gasteiger charge is 2.16. The Morgan fingerprint density at radius 3 is 3.12 bits per heavy atom. The third kappa shape index (κ3) is 3.58. The van der Waals surface area contributed by atoms with Crippen LogP contribution in [0.3, 0.4) is 0 Å². The van der Waals surface area contributed by atoms with Gasteiger partial charge in [0.15, 0.2) is 0 Å². The minimum absolute atomic E-state index is 0.665. The van der Waals surface area contributed by atoms with E-state index in [2.05, 4.69) is 47.1 Å². The van der Waals surface area contributed by atoms with E-state index in [9.17, 15) is 0 Å². The third-order valence-electron chi connectivity index (χ3n) is 3.58. The van der Waals surface area contributed by atoms with Gasteiger partial charge in [-0.15, -0.1) is 0 Å². The fourth-order valence-electron chi connectivity index (χ4n) is 2.65. The number of nitrogens with zero attached hydrogens (tertiary/aromatic N) is 2. The lowest BCUT2D eigenvalue weighted by molar-refractivity contribution is 0.226. The van der Waals surface area contributed by atoms with Gasteiger partial charge >= 0.3 is 0 Å². The normalized spacial score (nSPS) is 21.9. The number of likely N-dealkylation sites (tertiary alicyclic amines) is 1. The fourth-order valence-corrected chi connectivity index (χ4v) is 2.65. The summed E-state index contributed by atoms with van der Waals surface area (Å²) in [6.07, 6.45) is 6.03. The van der Waals surface area contributed by atoms with Crippen LogP contribution in [0, 0.1) is 0 Å². The summed E-state index contributed by atoms with van der Waals surface area (Å²) in [5, 5.41) is 3.69. The van der Waals surface area contributed by atoms with Crippen LogP contribution < -0.4 is 5.32 Å². The van der Waals surface area contributed by atoms with Crippen LogP contribution in [0.25, 0.3) is 0 Å². The number of nitrogens with one attached hydrogen (secondary N) is 1. The van der Waals surface area contributed by atoms with Crippen molar-refractivity contribution in [3.63, 3.8) is 0 Å². The Balaban J connectivity index is 1.82. The molecule has 1 saturated heterocycles. The van der Waals surface area contributed by atoms with Crippen LogP contribution in [0.15, 0.2) is 18.3 Å². The van der Waals surface area contributed by atoms with Crippen molar-refractivity contribution in [1.29, 1.82) is 0 Å². The van der Waals surface area contributed by atoms with E-state index in [1.54, 1.807) is 0 Å². The standard InChI is InChI=1S/C14H25N3/c1-3-8-17-10-5-7-14(17)11-15-13-6-4-9-16(2)12-13/h5,7,10,13,15H,3-4,6,8-9,11-12H2,1-2H3. The Morgan fingerprint density at radius 2 is 2.35 bits per heavy atom. The molecule has 0 aromatic carbocycles. The molecule has 3 nitrogen and oxygen atoms in total. The molecule has 96 valence electrons. The van der Waals surface area contributed by atoms with Crippen molar-refractivity contribution in [2.24, 2.45) is 0 Å². The van der Waals surface area contributed by atoms with Crippen LogP contribution in [0.5, 0.6) is 0 Å². The molecule has 0 bridgehead atoms. The molecule has 1 aromatic rings. The number of hydrogen-bond donors (Lipinski definition) is 1. The van der Waals surface area contributed by atoms with E-state index in [-0.39, 0.29) is 0 Å². The van der Waals surface area contributed by atoms with Gasteiger partial charge in [0, 0.05) is 37.6 Å². The van der Waals surface area contributed by atoms with Crippen molar-refractivity contribution in [3.05, 3.63) is 24.0 Å². The van der Waals surface area contributed by atoms with E-state index in [0.717, 1.165) is 13.1 Å². The molecule has 1 aliphatic rings. The lowest BCUT2D eigenvalue weighted by atomic mass is 10.1. The van der Waals surface area contributed by atoms with Crippen LogP contribution in [-0.2, 0) is 13.1 Å². The minimum atomic E-state index is 0.665. The first-order valence-electron chi connectivity index (χ1n) is 6.85. The van der Waals surface area contributed by atoms with E-state index in [4.69, 9.17) is 0 Å². The Labute approximate surface area is 105 Å². The van der Waals surface area contributed by atoms with Crippen molar-refractivity contribution in [1.82, 2.24) is 14.8 Å². The van der Waals surface area contributed by atoms with Gasteiger partial charge in [-0.2, -0.15) is 0 Å². The molecule has 2 rings (SSSR count). The summed E-state index contributed by atoms with van der Waals surface area (Å²) < 4.78 is 2.36. The second kappa shape index (κ2) is 6.22.